The molecular formula is C22H22Cl2F3N5O. The van der Waals surface area contributed by atoms with Gasteiger partial charge < -0.3 is 5.32 Å². The quantitative estimate of drug-likeness (QED) is 0.442. The number of hydrogen-bond donors (Lipinski definition) is 1. The molecular weight excluding hydrogens is 478 g/mol. The van der Waals surface area contributed by atoms with Crippen LogP contribution in [0.3, 0.4) is 0 Å². The third-order valence-corrected chi connectivity index (χ3v) is 6.32. The number of benzene rings is 1. The molecule has 1 fully saturated rings. The molecule has 1 amide bonds. The van der Waals surface area contributed by atoms with Crippen molar-refractivity contribution in [2.24, 2.45) is 0 Å². The Kier molecular flexibility index (Phi) is 6.22. The van der Waals surface area contributed by atoms with E-state index in [0.29, 0.717) is 41.5 Å². The van der Waals surface area contributed by atoms with E-state index in [-0.39, 0.29) is 11.6 Å². The van der Waals surface area contributed by atoms with Crippen LogP contribution in [-0.2, 0) is 17.5 Å². The highest BCUT2D eigenvalue weighted by molar-refractivity contribution is 6.32. The second-order valence-corrected chi connectivity index (χ2v) is 9.08. The van der Waals surface area contributed by atoms with Gasteiger partial charge in [-0.3, -0.25) is 14.2 Å². The van der Waals surface area contributed by atoms with Crippen LogP contribution in [0.25, 0.3) is 0 Å². The van der Waals surface area contributed by atoms with Gasteiger partial charge in [0.25, 0.3) is 0 Å². The summed E-state index contributed by atoms with van der Waals surface area (Å²) in [7, 11) is 0. The number of nitrogens with one attached hydrogen (secondary N) is 1. The Balaban J connectivity index is 1.59. The van der Waals surface area contributed by atoms with Crippen molar-refractivity contribution in [1.82, 2.24) is 19.6 Å². The molecule has 0 bridgehead atoms. The van der Waals surface area contributed by atoms with E-state index in [0.717, 1.165) is 10.2 Å². The van der Waals surface area contributed by atoms with E-state index in [1.54, 1.807) is 17.7 Å². The molecule has 0 saturated heterocycles. The fraction of sp³-hybridized carbons (Fsp3) is 0.409. The maximum absolute atomic E-state index is 13.4. The van der Waals surface area contributed by atoms with Crippen molar-refractivity contribution in [2.45, 2.75) is 58.3 Å². The van der Waals surface area contributed by atoms with E-state index in [1.807, 2.05) is 25.1 Å². The summed E-state index contributed by atoms with van der Waals surface area (Å²) in [5.41, 5.74) is 1.86. The second-order valence-electron chi connectivity index (χ2n) is 8.26. The summed E-state index contributed by atoms with van der Waals surface area (Å²) in [5.74, 6) is -0.626. The van der Waals surface area contributed by atoms with E-state index in [9.17, 15) is 18.0 Å². The van der Waals surface area contributed by atoms with Crippen molar-refractivity contribution < 1.29 is 18.0 Å². The van der Waals surface area contributed by atoms with Crippen LogP contribution in [0.4, 0.5) is 18.9 Å². The summed E-state index contributed by atoms with van der Waals surface area (Å²) in [4.78, 5) is 13.0. The van der Waals surface area contributed by atoms with Gasteiger partial charge >= 0.3 is 6.18 Å². The summed E-state index contributed by atoms with van der Waals surface area (Å²) in [6, 6.07) is 6.37. The molecule has 11 heteroatoms. The topological polar surface area (TPSA) is 64.7 Å². The average molecular weight is 500 g/mol. The van der Waals surface area contributed by atoms with Crippen molar-refractivity contribution in [3.05, 3.63) is 62.6 Å². The van der Waals surface area contributed by atoms with Gasteiger partial charge in [-0.15, -0.1) is 0 Å². The van der Waals surface area contributed by atoms with Crippen LogP contribution < -0.4 is 5.32 Å². The van der Waals surface area contributed by atoms with E-state index in [2.05, 4.69) is 15.5 Å². The monoisotopic (exact) mass is 499 g/mol. The number of nitrogens with zero attached hydrogens (tertiary/aromatic N) is 4. The zero-order chi connectivity index (χ0) is 24.1. The van der Waals surface area contributed by atoms with Crippen molar-refractivity contribution in [3.63, 3.8) is 0 Å². The SMILES string of the molecule is Cc1nn(Cc2cccc(Cl)c2)c(C)c1NC(=O)C(C)n1nc(C(F)(F)F)c(Cl)c1C1CC1. The first-order valence-corrected chi connectivity index (χ1v) is 11.2. The molecule has 0 radical (unpaired) electrons. The maximum atomic E-state index is 13.4. The Labute approximate surface area is 198 Å². The summed E-state index contributed by atoms with van der Waals surface area (Å²) >= 11 is 12.1. The number of halogens is 5. The first-order valence-electron chi connectivity index (χ1n) is 10.4. The highest BCUT2D eigenvalue weighted by Gasteiger charge is 2.43. The van der Waals surface area contributed by atoms with Crippen molar-refractivity contribution >= 4 is 34.8 Å². The van der Waals surface area contributed by atoms with Gasteiger partial charge in [0.05, 0.1) is 34.3 Å². The van der Waals surface area contributed by atoms with E-state index < -0.39 is 28.8 Å². The van der Waals surface area contributed by atoms with Gasteiger partial charge in [-0.05, 0) is 51.3 Å². The van der Waals surface area contributed by atoms with E-state index in [4.69, 9.17) is 23.2 Å². The number of rotatable bonds is 6. The molecule has 1 saturated carbocycles. The molecule has 0 spiro atoms. The van der Waals surface area contributed by atoms with Crippen LogP contribution >= 0.6 is 23.2 Å². The summed E-state index contributed by atoms with van der Waals surface area (Å²) < 4.78 is 43.0. The molecule has 6 nitrogen and oxygen atoms in total. The average Bonchev–Trinajstić information content (AvgIpc) is 3.45. The number of alkyl halides is 3. The molecule has 1 atom stereocenters. The van der Waals surface area contributed by atoms with Gasteiger partial charge in [-0.1, -0.05) is 35.3 Å². The third kappa shape index (κ3) is 4.75. The van der Waals surface area contributed by atoms with Gasteiger partial charge in [0, 0.05) is 10.9 Å². The zero-order valence-electron chi connectivity index (χ0n) is 18.2. The lowest BCUT2D eigenvalue weighted by molar-refractivity contribution is -0.141. The lowest BCUT2D eigenvalue weighted by Gasteiger charge is -2.16. The molecule has 1 aromatic carbocycles. The minimum atomic E-state index is -4.70. The van der Waals surface area contributed by atoms with Crippen LogP contribution in [0.1, 0.15) is 60.1 Å². The van der Waals surface area contributed by atoms with E-state index in [1.165, 1.54) is 6.92 Å². The Morgan fingerprint density at radius 1 is 1.24 bits per heavy atom. The Hall–Kier alpha value is -2.52. The maximum Gasteiger partial charge on any atom is 0.436 e. The minimum Gasteiger partial charge on any atom is -0.321 e. The highest BCUT2D eigenvalue weighted by Crippen LogP contribution is 2.47. The molecule has 0 aliphatic heterocycles. The molecule has 176 valence electrons. The molecule has 1 unspecified atom stereocenters. The van der Waals surface area contributed by atoms with E-state index >= 15 is 0 Å². The Morgan fingerprint density at radius 2 is 1.94 bits per heavy atom. The zero-order valence-corrected chi connectivity index (χ0v) is 19.7. The standard InChI is InChI=1S/C22H22Cl2F3N5O/c1-11-18(12(2)31(29-11)10-14-5-4-6-16(23)9-14)28-21(33)13(3)32-19(15-7-8-15)17(24)20(30-32)22(25,26)27/h4-6,9,13,15H,7-8,10H2,1-3H3,(H,28,33). The predicted octanol–water partition coefficient (Wildman–Crippen LogP) is 6.15. The molecule has 3 aromatic rings. The highest BCUT2D eigenvalue weighted by atomic mass is 35.5. The normalized spacial score (nSPS) is 15.0. The van der Waals surface area contributed by atoms with Gasteiger partial charge in [-0.25, -0.2) is 0 Å². The summed E-state index contributed by atoms with van der Waals surface area (Å²) in [6.07, 6.45) is -3.27. The third-order valence-electron chi connectivity index (χ3n) is 5.72. The van der Waals surface area contributed by atoms with Crippen LogP contribution in [0.5, 0.6) is 0 Å². The van der Waals surface area contributed by atoms with Gasteiger partial charge in [0.1, 0.15) is 6.04 Å². The number of carbonyl (C=O) groups is 1. The number of aromatic nitrogens is 4. The number of hydrogen-bond acceptors (Lipinski definition) is 3. The number of amides is 1. The predicted molar refractivity (Wildman–Crippen MR) is 120 cm³/mol. The van der Waals surface area contributed by atoms with Gasteiger partial charge in [0.15, 0.2) is 5.69 Å². The molecule has 1 N–H and O–H groups in total. The second kappa shape index (κ2) is 8.68. The number of carbonyl (C=O) groups excluding carboxylic acids is 1. The fourth-order valence-electron chi connectivity index (χ4n) is 3.81. The van der Waals surface area contributed by atoms with Crippen molar-refractivity contribution in [1.29, 1.82) is 0 Å². The minimum absolute atomic E-state index is 0.125. The summed E-state index contributed by atoms with van der Waals surface area (Å²) in [6.45, 7) is 5.52. The molecule has 1 aliphatic carbocycles. The lowest BCUT2D eigenvalue weighted by Crippen LogP contribution is -2.26. The van der Waals surface area contributed by atoms with Crippen molar-refractivity contribution in [3.8, 4) is 0 Å². The first kappa shape index (κ1) is 23.6. The van der Waals surface area contributed by atoms with Crippen LogP contribution in [0, 0.1) is 13.8 Å². The Bertz CT molecular complexity index is 1210. The largest absolute Gasteiger partial charge is 0.436 e. The van der Waals surface area contributed by atoms with Crippen LogP contribution in [0.2, 0.25) is 10.0 Å². The molecule has 33 heavy (non-hydrogen) atoms. The molecule has 1 aliphatic rings. The van der Waals surface area contributed by atoms with Crippen molar-refractivity contribution in [2.75, 3.05) is 5.32 Å². The summed E-state index contributed by atoms with van der Waals surface area (Å²) in [5, 5.41) is 11.2. The lowest BCUT2D eigenvalue weighted by atomic mass is 10.2. The van der Waals surface area contributed by atoms with Crippen LogP contribution in [-0.4, -0.2) is 25.5 Å². The smallest absolute Gasteiger partial charge is 0.321 e. The molecule has 4 rings (SSSR count). The number of anilines is 1. The number of aryl methyl sites for hydroxylation is 1. The molecule has 2 heterocycles. The Morgan fingerprint density at radius 3 is 2.55 bits per heavy atom. The van der Waals surface area contributed by atoms with Gasteiger partial charge in [0.2, 0.25) is 5.91 Å². The molecule has 2 aromatic heterocycles. The van der Waals surface area contributed by atoms with Gasteiger partial charge in [-0.2, -0.15) is 23.4 Å². The first-order chi connectivity index (χ1) is 15.5. The fourth-order valence-corrected chi connectivity index (χ4v) is 4.40. The van der Waals surface area contributed by atoms with Crippen LogP contribution in [0.15, 0.2) is 24.3 Å².